The Hall–Kier alpha value is -3.20. The van der Waals surface area contributed by atoms with Crippen molar-refractivity contribution in [2.75, 3.05) is 19.8 Å². The first-order valence-corrected chi connectivity index (χ1v) is 12.7. The molecule has 0 radical (unpaired) electrons. The van der Waals surface area contributed by atoms with Crippen molar-refractivity contribution in [2.45, 2.75) is 71.6 Å². The van der Waals surface area contributed by atoms with Crippen LogP contribution in [0.2, 0.25) is 0 Å². The number of carbonyl (C=O) groups excluding carboxylic acids is 4. The van der Waals surface area contributed by atoms with Crippen LogP contribution in [0.4, 0.5) is 0 Å². The predicted molar refractivity (Wildman–Crippen MR) is 138 cm³/mol. The maximum absolute atomic E-state index is 13.1. The van der Waals surface area contributed by atoms with Crippen molar-refractivity contribution in [1.82, 2.24) is 10.2 Å². The van der Waals surface area contributed by atoms with E-state index in [1.165, 1.54) is 0 Å². The zero-order valence-electron chi connectivity index (χ0n) is 22.3. The molecule has 0 saturated heterocycles. The predicted octanol–water partition coefficient (Wildman–Crippen LogP) is 2.76. The number of aliphatic hydroxyl groups is 1. The number of esters is 2. The van der Waals surface area contributed by atoms with Crippen LogP contribution in [-0.2, 0) is 35.2 Å². The molecule has 9 nitrogen and oxygen atoms in total. The summed E-state index contributed by atoms with van der Waals surface area (Å²) in [7, 11) is 0. The highest BCUT2D eigenvalue weighted by Crippen LogP contribution is 2.20. The van der Waals surface area contributed by atoms with Gasteiger partial charge in [0, 0.05) is 19.5 Å². The summed E-state index contributed by atoms with van der Waals surface area (Å²) in [6.07, 6.45) is 3.89. The van der Waals surface area contributed by atoms with Gasteiger partial charge in [-0.15, -0.1) is 0 Å². The second kappa shape index (κ2) is 14.5. The Balaban J connectivity index is 2.12. The van der Waals surface area contributed by atoms with Crippen LogP contribution in [0, 0.1) is 11.8 Å². The van der Waals surface area contributed by atoms with Crippen LogP contribution in [0.1, 0.15) is 58.9 Å². The summed E-state index contributed by atoms with van der Waals surface area (Å²) in [6.45, 7) is 7.26. The molecule has 37 heavy (non-hydrogen) atoms. The van der Waals surface area contributed by atoms with Crippen LogP contribution in [0.5, 0.6) is 0 Å². The Bertz CT molecular complexity index is 940. The minimum absolute atomic E-state index is 0.0309. The van der Waals surface area contributed by atoms with Gasteiger partial charge < -0.3 is 24.8 Å². The number of cyclic esters (lactones) is 1. The van der Waals surface area contributed by atoms with Crippen LogP contribution in [-0.4, -0.2) is 65.2 Å². The molecular weight excluding hydrogens is 476 g/mol. The number of carbonyl (C=O) groups is 4. The van der Waals surface area contributed by atoms with E-state index < -0.39 is 35.4 Å². The number of allylic oxidation sites excluding steroid dienone is 2. The van der Waals surface area contributed by atoms with Crippen LogP contribution >= 0.6 is 0 Å². The van der Waals surface area contributed by atoms with E-state index in [2.05, 4.69) is 5.32 Å². The summed E-state index contributed by atoms with van der Waals surface area (Å²) in [5.41, 5.74) is 0.268. The Morgan fingerprint density at radius 3 is 2.35 bits per heavy atom. The van der Waals surface area contributed by atoms with Gasteiger partial charge in [0.2, 0.25) is 11.8 Å². The number of benzene rings is 1. The number of nitrogens with one attached hydrogen (secondary N) is 1. The van der Waals surface area contributed by atoms with E-state index >= 15 is 0 Å². The van der Waals surface area contributed by atoms with Crippen molar-refractivity contribution >= 4 is 23.8 Å². The maximum Gasteiger partial charge on any atom is 0.309 e. The lowest BCUT2D eigenvalue weighted by Crippen LogP contribution is -2.43. The standard InChI is InChI=1S/C28H40N2O7/c1-20-19-36-27(35)23(17-25(33)37-28(2,3)4)13-9-8-12-22(26(34)29-20)16-24(32)30(14-15-31)18-21-10-6-5-7-11-21/h5-11,20,22-23,31H,12-19H2,1-4H3,(H,29,34)/b9-8-/t20-,22+,23-/m1/s1. The van der Waals surface area contributed by atoms with Gasteiger partial charge in [0.05, 0.1) is 30.9 Å². The quantitative estimate of drug-likeness (QED) is 0.402. The molecule has 0 fully saturated rings. The van der Waals surface area contributed by atoms with Gasteiger partial charge in [-0.1, -0.05) is 42.5 Å². The number of hydrogen-bond acceptors (Lipinski definition) is 7. The van der Waals surface area contributed by atoms with E-state index in [0.29, 0.717) is 6.54 Å². The highest BCUT2D eigenvalue weighted by atomic mass is 16.6. The number of amides is 2. The van der Waals surface area contributed by atoms with Crippen molar-refractivity contribution in [1.29, 1.82) is 0 Å². The summed E-state index contributed by atoms with van der Waals surface area (Å²) in [5.74, 6) is -2.90. The van der Waals surface area contributed by atoms with Crippen LogP contribution in [0.3, 0.4) is 0 Å². The minimum atomic E-state index is -0.709. The normalized spacial score (nSPS) is 22.0. The third-order valence-electron chi connectivity index (χ3n) is 5.77. The molecule has 2 N–H and O–H groups in total. The van der Waals surface area contributed by atoms with Crippen LogP contribution in [0.25, 0.3) is 0 Å². The Morgan fingerprint density at radius 1 is 1.08 bits per heavy atom. The molecule has 0 aliphatic carbocycles. The lowest BCUT2D eigenvalue weighted by Gasteiger charge is -2.26. The number of aliphatic hydroxyl groups excluding tert-OH is 1. The molecule has 0 unspecified atom stereocenters. The zero-order chi connectivity index (χ0) is 27.4. The van der Waals surface area contributed by atoms with Crippen molar-refractivity contribution in [3.05, 3.63) is 48.0 Å². The molecule has 1 aromatic carbocycles. The summed E-state index contributed by atoms with van der Waals surface area (Å²) in [6, 6.07) is 8.98. The molecule has 2 rings (SSSR count). The van der Waals surface area contributed by atoms with Crippen molar-refractivity contribution < 1.29 is 33.8 Å². The third kappa shape index (κ3) is 11.2. The molecule has 204 valence electrons. The molecule has 3 atom stereocenters. The highest BCUT2D eigenvalue weighted by molar-refractivity contribution is 5.86. The molecule has 2 amide bonds. The van der Waals surface area contributed by atoms with Gasteiger partial charge in [0.25, 0.3) is 0 Å². The van der Waals surface area contributed by atoms with E-state index in [0.717, 1.165) is 5.56 Å². The van der Waals surface area contributed by atoms with Gasteiger partial charge in [0.1, 0.15) is 12.2 Å². The summed E-state index contributed by atoms with van der Waals surface area (Å²) < 4.78 is 10.7. The molecule has 0 bridgehead atoms. The molecule has 0 saturated carbocycles. The number of rotatable bonds is 8. The molecule has 1 heterocycles. The molecule has 1 aromatic rings. The smallest absolute Gasteiger partial charge is 0.309 e. The largest absolute Gasteiger partial charge is 0.463 e. The first kappa shape index (κ1) is 30.0. The molecule has 1 aliphatic rings. The number of nitrogens with zero attached hydrogens (tertiary/aromatic N) is 1. The monoisotopic (exact) mass is 516 g/mol. The van der Waals surface area contributed by atoms with E-state index in [4.69, 9.17) is 9.47 Å². The maximum atomic E-state index is 13.1. The second-order valence-electron chi connectivity index (χ2n) is 10.4. The van der Waals surface area contributed by atoms with Gasteiger partial charge in [-0.25, -0.2) is 0 Å². The fourth-order valence-corrected chi connectivity index (χ4v) is 3.93. The van der Waals surface area contributed by atoms with Gasteiger partial charge >= 0.3 is 11.9 Å². The Kier molecular flexibility index (Phi) is 11.8. The molecule has 1 aliphatic heterocycles. The Labute approximate surface area is 219 Å². The van der Waals surface area contributed by atoms with Gasteiger partial charge in [-0.2, -0.15) is 0 Å². The van der Waals surface area contributed by atoms with Gasteiger partial charge in [-0.05, 0) is 46.1 Å². The van der Waals surface area contributed by atoms with E-state index in [1.807, 2.05) is 30.3 Å². The van der Waals surface area contributed by atoms with Crippen molar-refractivity contribution in [3.63, 3.8) is 0 Å². The fraction of sp³-hybridized carbons (Fsp3) is 0.571. The number of ether oxygens (including phenoxy) is 2. The topological polar surface area (TPSA) is 122 Å². The minimum Gasteiger partial charge on any atom is -0.463 e. The fourth-order valence-electron chi connectivity index (χ4n) is 3.93. The average molecular weight is 517 g/mol. The van der Waals surface area contributed by atoms with E-state index in [-0.39, 0.29) is 57.3 Å². The van der Waals surface area contributed by atoms with Gasteiger partial charge in [-0.3, -0.25) is 19.2 Å². The second-order valence-corrected chi connectivity index (χ2v) is 10.4. The van der Waals surface area contributed by atoms with Crippen molar-refractivity contribution in [2.24, 2.45) is 11.8 Å². The highest BCUT2D eigenvalue weighted by Gasteiger charge is 2.29. The summed E-state index contributed by atoms with van der Waals surface area (Å²) in [4.78, 5) is 52.6. The van der Waals surface area contributed by atoms with Crippen LogP contribution < -0.4 is 5.32 Å². The first-order valence-electron chi connectivity index (χ1n) is 12.7. The first-order chi connectivity index (χ1) is 17.5. The third-order valence-corrected chi connectivity index (χ3v) is 5.77. The lowest BCUT2D eigenvalue weighted by atomic mass is 9.96. The summed E-state index contributed by atoms with van der Waals surface area (Å²) >= 11 is 0. The molecule has 9 heteroatoms. The van der Waals surface area contributed by atoms with Crippen LogP contribution in [0.15, 0.2) is 42.5 Å². The van der Waals surface area contributed by atoms with Crippen molar-refractivity contribution in [3.8, 4) is 0 Å². The molecular formula is C28H40N2O7. The SMILES string of the molecule is C[C@@H]1COC(=O)[C@@H](CC(=O)OC(C)(C)C)C/C=C\C[C@@H](CC(=O)N(CCO)Cc2ccccc2)C(=O)N1. The van der Waals surface area contributed by atoms with E-state index in [1.54, 1.807) is 44.7 Å². The zero-order valence-corrected chi connectivity index (χ0v) is 22.3. The number of hydrogen-bond donors (Lipinski definition) is 2. The average Bonchev–Trinajstić information content (AvgIpc) is 2.82. The summed E-state index contributed by atoms with van der Waals surface area (Å²) in [5, 5.41) is 12.3. The molecule has 0 spiro atoms. The Morgan fingerprint density at radius 2 is 1.73 bits per heavy atom. The lowest BCUT2D eigenvalue weighted by molar-refractivity contribution is -0.161. The van der Waals surface area contributed by atoms with E-state index in [9.17, 15) is 24.3 Å². The molecule has 0 aromatic heterocycles. The van der Waals surface area contributed by atoms with Gasteiger partial charge in [0.15, 0.2) is 0 Å².